The summed E-state index contributed by atoms with van der Waals surface area (Å²) in [6, 6.07) is 6.16. The highest BCUT2D eigenvalue weighted by atomic mass is 16.1. The highest BCUT2D eigenvalue weighted by Crippen LogP contribution is 2.28. The maximum atomic E-state index is 13.3. The molecule has 0 aliphatic carbocycles. The summed E-state index contributed by atoms with van der Waals surface area (Å²) in [6.45, 7) is 8.96. The van der Waals surface area contributed by atoms with Crippen LogP contribution >= 0.6 is 0 Å². The molecule has 0 saturated heterocycles. The van der Waals surface area contributed by atoms with Crippen molar-refractivity contribution in [2.75, 3.05) is 6.54 Å². The first kappa shape index (κ1) is 21.8. The molecule has 8 nitrogen and oxygen atoms in total. The normalized spacial score (nSPS) is 15.5. The van der Waals surface area contributed by atoms with Gasteiger partial charge in [0.15, 0.2) is 0 Å². The van der Waals surface area contributed by atoms with Gasteiger partial charge in [-0.15, -0.1) is 0 Å². The average Bonchev–Trinajstić information content (AvgIpc) is 3.42. The number of hydrogen-bond acceptors (Lipinski definition) is 5. The van der Waals surface area contributed by atoms with E-state index in [2.05, 4.69) is 52.8 Å². The number of benzene rings is 1. The number of aromatic amines is 1. The fraction of sp³-hybridized carbons (Fsp3) is 0.417. The number of nitrogens with one attached hydrogen (secondary N) is 3. The van der Waals surface area contributed by atoms with Crippen molar-refractivity contribution in [3.05, 3.63) is 62.7 Å². The van der Waals surface area contributed by atoms with Gasteiger partial charge in [-0.05, 0) is 56.5 Å². The summed E-state index contributed by atoms with van der Waals surface area (Å²) in [7, 11) is 0. The lowest BCUT2D eigenvalue weighted by Crippen LogP contribution is -2.28. The van der Waals surface area contributed by atoms with E-state index in [1.54, 1.807) is 6.20 Å². The first-order valence-electron chi connectivity index (χ1n) is 11.2. The zero-order valence-electron chi connectivity index (χ0n) is 19.0. The molecule has 8 heteroatoms. The van der Waals surface area contributed by atoms with Crippen molar-refractivity contribution in [3.63, 3.8) is 0 Å². The Morgan fingerprint density at radius 3 is 2.81 bits per heavy atom. The molecule has 1 atom stereocenters. The highest BCUT2D eigenvalue weighted by molar-refractivity contribution is 6.06. The third-order valence-electron chi connectivity index (χ3n) is 5.87. The van der Waals surface area contributed by atoms with Crippen molar-refractivity contribution in [2.45, 2.75) is 59.0 Å². The van der Waals surface area contributed by atoms with Crippen LogP contribution in [0.25, 0.3) is 10.9 Å². The van der Waals surface area contributed by atoms with Crippen LogP contribution in [0, 0.1) is 6.92 Å². The Kier molecular flexibility index (Phi) is 6.12. The van der Waals surface area contributed by atoms with Crippen LogP contribution in [-0.4, -0.2) is 33.4 Å². The number of H-pyrrole nitrogens is 1. The van der Waals surface area contributed by atoms with Crippen LogP contribution in [0.5, 0.6) is 0 Å². The van der Waals surface area contributed by atoms with Gasteiger partial charge in [0, 0.05) is 47.9 Å². The number of aromatic nitrogens is 3. The van der Waals surface area contributed by atoms with E-state index in [1.165, 1.54) is 0 Å². The summed E-state index contributed by atoms with van der Waals surface area (Å²) in [5.74, 6) is -0.122. The van der Waals surface area contributed by atoms with Crippen molar-refractivity contribution >= 4 is 23.0 Å². The third-order valence-corrected chi connectivity index (χ3v) is 5.87. The van der Waals surface area contributed by atoms with Gasteiger partial charge in [-0.1, -0.05) is 13.3 Å². The van der Waals surface area contributed by atoms with Crippen LogP contribution in [0.15, 0.2) is 34.3 Å². The number of pyridine rings is 1. The molecule has 1 amide bonds. The predicted molar refractivity (Wildman–Crippen MR) is 126 cm³/mol. The Morgan fingerprint density at radius 2 is 2.12 bits per heavy atom. The zero-order valence-corrected chi connectivity index (χ0v) is 19.0. The van der Waals surface area contributed by atoms with E-state index in [9.17, 15) is 9.59 Å². The second-order valence-electron chi connectivity index (χ2n) is 8.65. The van der Waals surface area contributed by atoms with Gasteiger partial charge in [0.1, 0.15) is 0 Å². The molecule has 32 heavy (non-hydrogen) atoms. The van der Waals surface area contributed by atoms with E-state index in [0.29, 0.717) is 17.7 Å². The van der Waals surface area contributed by atoms with Gasteiger partial charge >= 0.3 is 0 Å². The lowest BCUT2D eigenvalue weighted by molar-refractivity contribution is 0.0952. The molecule has 0 spiro atoms. The van der Waals surface area contributed by atoms with E-state index in [1.807, 2.05) is 30.0 Å². The van der Waals surface area contributed by atoms with Gasteiger partial charge in [0.05, 0.1) is 17.3 Å². The van der Waals surface area contributed by atoms with E-state index in [-0.39, 0.29) is 30.0 Å². The Labute approximate surface area is 187 Å². The standard InChI is InChI=1S/C24H30N6O2/c1-5-6-16-7-15(4)29-24(32)20(16)12-25-23(31)19-8-17(18-10-26-27-11-18)9-22-21(19)13-28-30(22)14(2)3/h7-10,13-14,18,27H,5-6,11-12H2,1-4H3,(H,25,31)(H,29,32). The van der Waals surface area contributed by atoms with Crippen molar-refractivity contribution in [1.29, 1.82) is 0 Å². The molecule has 4 rings (SSSR count). The number of fused-ring (bicyclic) bond motifs is 1. The molecule has 2 aromatic heterocycles. The van der Waals surface area contributed by atoms with Crippen LogP contribution < -0.4 is 16.3 Å². The van der Waals surface area contributed by atoms with Crippen LogP contribution in [0.2, 0.25) is 0 Å². The van der Waals surface area contributed by atoms with E-state index in [0.717, 1.165) is 40.6 Å². The number of hydrazone groups is 1. The summed E-state index contributed by atoms with van der Waals surface area (Å²) in [6.07, 6.45) is 5.33. The number of carbonyl (C=O) groups is 1. The summed E-state index contributed by atoms with van der Waals surface area (Å²) in [5.41, 5.74) is 7.75. The minimum atomic E-state index is -0.217. The Bertz CT molecular complexity index is 1240. The van der Waals surface area contributed by atoms with Gasteiger partial charge in [-0.2, -0.15) is 10.2 Å². The second-order valence-corrected chi connectivity index (χ2v) is 8.65. The molecule has 0 fully saturated rings. The van der Waals surface area contributed by atoms with Crippen LogP contribution in [-0.2, 0) is 13.0 Å². The van der Waals surface area contributed by atoms with Gasteiger partial charge in [-0.3, -0.25) is 14.3 Å². The molecule has 3 aromatic rings. The topological polar surface area (TPSA) is 104 Å². The third kappa shape index (κ3) is 4.17. The molecule has 1 aliphatic heterocycles. The molecule has 1 aliphatic rings. The number of hydrogen-bond donors (Lipinski definition) is 3. The lowest BCUT2D eigenvalue weighted by Gasteiger charge is -2.14. The fourth-order valence-corrected chi connectivity index (χ4v) is 4.27. The summed E-state index contributed by atoms with van der Waals surface area (Å²) < 4.78 is 1.93. The van der Waals surface area contributed by atoms with Crippen LogP contribution in [0.1, 0.15) is 71.9 Å². The molecule has 168 valence electrons. The van der Waals surface area contributed by atoms with Crippen LogP contribution in [0.4, 0.5) is 0 Å². The largest absolute Gasteiger partial charge is 0.348 e. The molecular weight excluding hydrogens is 404 g/mol. The van der Waals surface area contributed by atoms with Crippen molar-refractivity contribution < 1.29 is 4.79 Å². The summed E-state index contributed by atoms with van der Waals surface area (Å²) in [4.78, 5) is 28.7. The number of nitrogens with zero attached hydrogens (tertiary/aromatic N) is 3. The summed E-state index contributed by atoms with van der Waals surface area (Å²) in [5, 5.41) is 12.4. The van der Waals surface area contributed by atoms with Gasteiger partial charge < -0.3 is 15.7 Å². The summed E-state index contributed by atoms with van der Waals surface area (Å²) >= 11 is 0. The monoisotopic (exact) mass is 434 g/mol. The smallest absolute Gasteiger partial charge is 0.253 e. The minimum Gasteiger partial charge on any atom is -0.348 e. The minimum absolute atomic E-state index is 0.0950. The van der Waals surface area contributed by atoms with Gasteiger partial charge in [0.25, 0.3) is 11.5 Å². The van der Waals surface area contributed by atoms with Crippen molar-refractivity contribution in [1.82, 2.24) is 25.5 Å². The second kappa shape index (κ2) is 8.98. The van der Waals surface area contributed by atoms with Crippen LogP contribution in [0.3, 0.4) is 0 Å². The number of aryl methyl sites for hydroxylation is 2. The maximum absolute atomic E-state index is 13.3. The molecule has 1 aromatic carbocycles. The van der Waals surface area contributed by atoms with Crippen molar-refractivity contribution in [3.8, 4) is 0 Å². The number of carbonyl (C=O) groups excluding carboxylic acids is 1. The Morgan fingerprint density at radius 1 is 1.31 bits per heavy atom. The van der Waals surface area contributed by atoms with Gasteiger partial charge in [-0.25, -0.2) is 0 Å². The van der Waals surface area contributed by atoms with E-state index < -0.39 is 0 Å². The zero-order chi connectivity index (χ0) is 22.8. The number of rotatable bonds is 7. The quantitative estimate of drug-likeness (QED) is 0.531. The molecule has 3 N–H and O–H groups in total. The molecule has 1 unspecified atom stereocenters. The lowest BCUT2D eigenvalue weighted by atomic mass is 9.96. The van der Waals surface area contributed by atoms with Crippen molar-refractivity contribution in [2.24, 2.45) is 5.10 Å². The molecule has 3 heterocycles. The van der Waals surface area contributed by atoms with E-state index >= 15 is 0 Å². The average molecular weight is 435 g/mol. The number of amides is 1. The maximum Gasteiger partial charge on any atom is 0.253 e. The highest BCUT2D eigenvalue weighted by Gasteiger charge is 2.21. The first-order chi connectivity index (χ1) is 15.4. The molecular formula is C24H30N6O2. The molecule has 0 saturated carbocycles. The Balaban J connectivity index is 1.69. The predicted octanol–water partition coefficient (Wildman–Crippen LogP) is 3.17. The molecule has 0 radical (unpaired) electrons. The molecule has 0 bridgehead atoms. The van der Waals surface area contributed by atoms with Gasteiger partial charge in [0.2, 0.25) is 0 Å². The first-order valence-corrected chi connectivity index (χ1v) is 11.2. The van der Waals surface area contributed by atoms with E-state index in [4.69, 9.17) is 0 Å². The fourth-order valence-electron chi connectivity index (χ4n) is 4.27. The Hall–Kier alpha value is -3.42. The SMILES string of the molecule is CCCc1cc(C)[nH]c(=O)c1CNC(=O)c1cc(C2C=NNC2)cc2c1cnn2C(C)C.